The molecule has 1 aromatic heterocycles. The van der Waals surface area contributed by atoms with E-state index in [9.17, 15) is 5.11 Å². The average molecular weight is 484 g/mol. The Balaban J connectivity index is 3.14. The van der Waals surface area contributed by atoms with Gasteiger partial charge in [0.25, 0.3) is 0 Å². The summed E-state index contributed by atoms with van der Waals surface area (Å²) in [6, 6.07) is 0. The molecule has 9 heteroatoms. The van der Waals surface area contributed by atoms with E-state index in [0.717, 1.165) is 51.4 Å². The molecule has 1 unspecified atom stereocenters. The van der Waals surface area contributed by atoms with Crippen LogP contribution in [-0.4, -0.2) is 66.3 Å². The first-order valence-corrected chi connectivity index (χ1v) is 13.3. The molecule has 0 aliphatic rings. The van der Waals surface area contributed by atoms with E-state index >= 15 is 0 Å². The number of aliphatic hydroxyl groups is 1. The zero-order chi connectivity index (χ0) is 25.0. The van der Waals surface area contributed by atoms with Gasteiger partial charge in [0.2, 0.25) is 11.9 Å². The predicted molar refractivity (Wildman–Crippen MR) is 137 cm³/mol. The van der Waals surface area contributed by atoms with E-state index in [-0.39, 0.29) is 6.73 Å². The molecule has 0 bridgehead atoms. The van der Waals surface area contributed by atoms with Gasteiger partial charge in [-0.25, -0.2) is 0 Å². The minimum atomic E-state index is -0.725. The van der Waals surface area contributed by atoms with Gasteiger partial charge in [-0.05, 0) is 32.1 Å². The second-order valence-corrected chi connectivity index (χ2v) is 8.51. The summed E-state index contributed by atoms with van der Waals surface area (Å²) in [5.74, 6) is 1.58. The summed E-state index contributed by atoms with van der Waals surface area (Å²) in [6.07, 6.45) is 8.64. The van der Waals surface area contributed by atoms with Crippen molar-refractivity contribution in [3.05, 3.63) is 5.82 Å². The molecule has 1 N–H and O–H groups in total. The molecule has 0 amide bonds. The van der Waals surface area contributed by atoms with Gasteiger partial charge in [0.15, 0.2) is 0 Å². The maximum Gasteiger partial charge on any atom is 0.234 e. The fourth-order valence-corrected chi connectivity index (χ4v) is 3.05. The summed E-state index contributed by atoms with van der Waals surface area (Å²) in [7, 11) is 0. The molecule has 0 aliphatic heterocycles. The summed E-state index contributed by atoms with van der Waals surface area (Å²) in [6.45, 7) is 13.4. The molecule has 198 valence electrons. The lowest BCUT2D eigenvalue weighted by Crippen LogP contribution is -2.39. The van der Waals surface area contributed by atoms with Gasteiger partial charge in [-0.1, -0.05) is 60.3 Å². The molecule has 0 fully saturated rings. The Labute approximate surface area is 207 Å². The molecule has 0 spiro atoms. The van der Waals surface area contributed by atoms with Crippen LogP contribution in [0.5, 0.6) is 0 Å². The fraction of sp³-hybridized carbons (Fsp3) is 0.880. The number of hydrogen-bond acceptors (Lipinski definition) is 9. The summed E-state index contributed by atoms with van der Waals surface area (Å²) in [4.78, 5) is 17.7. The lowest BCUT2D eigenvalue weighted by Gasteiger charge is -2.29. The Morgan fingerprint density at radius 3 is 1.68 bits per heavy atom. The molecular formula is C25H49N5O4. The molecule has 1 heterocycles. The second-order valence-electron chi connectivity index (χ2n) is 8.51. The number of aromatic nitrogens is 3. The van der Waals surface area contributed by atoms with Crippen LogP contribution in [0, 0.1) is 0 Å². The van der Waals surface area contributed by atoms with Crippen molar-refractivity contribution in [2.45, 2.75) is 105 Å². The normalized spacial score (nSPS) is 12.2. The van der Waals surface area contributed by atoms with E-state index in [0.29, 0.717) is 63.8 Å². The molecule has 9 nitrogen and oxygen atoms in total. The minimum absolute atomic E-state index is 0.234. The van der Waals surface area contributed by atoms with Gasteiger partial charge in [-0.3, -0.25) is 9.80 Å². The Morgan fingerprint density at radius 2 is 1.18 bits per heavy atom. The Kier molecular flexibility index (Phi) is 17.7. The molecule has 0 saturated heterocycles. The molecule has 0 aliphatic carbocycles. The largest absolute Gasteiger partial charge is 0.373 e. The number of ether oxygens (including phenoxy) is 3. The van der Waals surface area contributed by atoms with Crippen molar-refractivity contribution in [2.24, 2.45) is 0 Å². The maximum atomic E-state index is 10.9. The minimum Gasteiger partial charge on any atom is -0.373 e. The van der Waals surface area contributed by atoms with E-state index in [1.807, 2.05) is 11.8 Å². The van der Waals surface area contributed by atoms with Crippen LogP contribution in [0.4, 0.5) is 11.9 Å². The Morgan fingerprint density at radius 1 is 0.676 bits per heavy atom. The number of rotatable bonds is 22. The van der Waals surface area contributed by atoms with Crippen LogP contribution in [0.2, 0.25) is 0 Å². The van der Waals surface area contributed by atoms with E-state index in [1.165, 1.54) is 0 Å². The maximum absolute atomic E-state index is 10.9. The van der Waals surface area contributed by atoms with Crippen molar-refractivity contribution in [3.8, 4) is 0 Å². The van der Waals surface area contributed by atoms with E-state index in [4.69, 9.17) is 19.2 Å². The average Bonchev–Trinajstić information content (AvgIpc) is 2.86. The van der Waals surface area contributed by atoms with Crippen LogP contribution < -0.4 is 9.80 Å². The third-order valence-corrected chi connectivity index (χ3v) is 5.34. The lowest BCUT2D eigenvalue weighted by molar-refractivity contribution is 0.0759. The number of anilines is 2. The van der Waals surface area contributed by atoms with Crippen molar-refractivity contribution in [1.82, 2.24) is 15.0 Å². The van der Waals surface area contributed by atoms with Crippen LogP contribution in [0.3, 0.4) is 0 Å². The van der Waals surface area contributed by atoms with Crippen molar-refractivity contribution < 1.29 is 19.3 Å². The van der Waals surface area contributed by atoms with Gasteiger partial charge >= 0.3 is 0 Å². The molecule has 1 rings (SSSR count). The monoisotopic (exact) mass is 483 g/mol. The smallest absolute Gasteiger partial charge is 0.234 e. The van der Waals surface area contributed by atoms with Crippen molar-refractivity contribution in [2.75, 3.05) is 49.8 Å². The SMILES string of the molecule is CCCCOCN(COCCCC)c1nc(CC)nc(N(COCCCC)C(O)CCCC)n1. The van der Waals surface area contributed by atoms with E-state index < -0.39 is 6.23 Å². The summed E-state index contributed by atoms with van der Waals surface area (Å²) < 4.78 is 17.6. The summed E-state index contributed by atoms with van der Waals surface area (Å²) in [5, 5.41) is 10.9. The lowest BCUT2D eigenvalue weighted by atomic mass is 10.2. The summed E-state index contributed by atoms with van der Waals surface area (Å²) in [5.41, 5.74) is 0. The highest BCUT2D eigenvalue weighted by atomic mass is 16.5. The van der Waals surface area contributed by atoms with Crippen molar-refractivity contribution >= 4 is 11.9 Å². The first kappa shape index (κ1) is 30.5. The van der Waals surface area contributed by atoms with Crippen LogP contribution in [0.25, 0.3) is 0 Å². The topological polar surface area (TPSA) is 93.1 Å². The Hall–Kier alpha value is -1.55. The number of aryl methyl sites for hydroxylation is 1. The number of unbranched alkanes of at least 4 members (excludes halogenated alkanes) is 4. The fourth-order valence-electron chi connectivity index (χ4n) is 3.05. The molecule has 34 heavy (non-hydrogen) atoms. The standard InChI is InChI=1S/C25H49N5O4/c1-6-11-15-23(31)30(21-34-18-14-9-4)25-27-22(10-5)26-24(28-25)29(19-32-16-12-7-2)20-33-17-13-8-3/h23,31H,6-21H2,1-5H3. The number of nitrogens with zero attached hydrogens (tertiary/aromatic N) is 5. The van der Waals surface area contributed by atoms with Crippen LogP contribution in [0.15, 0.2) is 0 Å². The number of hydrogen-bond donors (Lipinski definition) is 1. The quantitative estimate of drug-likeness (QED) is 0.183. The molecular weight excluding hydrogens is 434 g/mol. The zero-order valence-corrected chi connectivity index (χ0v) is 22.3. The van der Waals surface area contributed by atoms with Crippen molar-refractivity contribution in [1.29, 1.82) is 0 Å². The Bertz CT molecular complexity index is 611. The van der Waals surface area contributed by atoms with Crippen LogP contribution in [0.1, 0.15) is 98.2 Å². The van der Waals surface area contributed by atoms with Crippen LogP contribution >= 0.6 is 0 Å². The number of aliphatic hydroxyl groups excluding tert-OH is 1. The first-order valence-electron chi connectivity index (χ1n) is 13.3. The molecule has 0 aromatic carbocycles. The van der Waals surface area contributed by atoms with Gasteiger partial charge in [-0.2, -0.15) is 15.0 Å². The van der Waals surface area contributed by atoms with Gasteiger partial charge < -0.3 is 19.3 Å². The second kappa shape index (κ2) is 19.7. The highest BCUT2D eigenvalue weighted by Gasteiger charge is 2.22. The highest BCUT2D eigenvalue weighted by Crippen LogP contribution is 2.19. The van der Waals surface area contributed by atoms with Gasteiger partial charge in [-0.15, -0.1) is 0 Å². The van der Waals surface area contributed by atoms with E-state index in [2.05, 4.69) is 37.7 Å². The first-order chi connectivity index (χ1) is 16.6. The predicted octanol–water partition coefficient (Wildman–Crippen LogP) is 4.88. The van der Waals surface area contributed by atoms with E-state index in [1.54, 1.807) is 4.90 Å². The van der Waals surface area contributed by atoms with Gasteiger partial charge in [0.05, 0.1) is 0 Å². The molecule has 1 atom stereocenters. The molecule has 0 saturated carbocycles. The molecule has 1 aromatic rings. The van der Waals surface area contributed by atoms with Gasteiger partial charge in [0, 0.05) is 26.2 Å². The van der Waals surface area contributed by atoms with Crippen molar-refractivity contribution in [3.63, 3.8) is 0 Å². The third kappa shape index (κ3) is 12.2. The summed E-state index contributed by atoms with van der Waals surface area (Å²) >= 11 is 0. The third-order valence-electron chi connectivity index (χ3n) is 5.34. The zero-order valence-electron chi connectivity index (χ0n) is 22.3. The molecule has 0 radical (unpaired) electrons. The van der Waals surface area contributed by atoms with Gasteiger partial charge in [0.1, 0.15) is 32.2 Å². The van der Waals surface area contributed by atoms with Crippen LogP contribution in [-0.2, 0) is 20.6 Å². The highest BCUT2D eigenvalue weighted by molar-refractivity contribution is 5.39.